The number of benzene rings is 1. The highest BCUT2D eigenvalue weighted by molar-refractivity contribution is 7.78. The predicted octanol–water partition coefficient (Wildman–Crippen LogP) is 3.32. The zero-order chi connectivity index (χ0) is 10.6. The number of hydrogen-bond acceptors (Lipinski definition) is 3. The van der Waals surface area contributed by atoms with Gasteiger partial charge in [-0.25, -0.2) is 0 Å². The van der Waals surface area contributed by atoms with Gasteiger partial charge in [0.15, 0.2) is 0 Å². The molecule has 74 valence electrons. The third-order valence-corrected chi connectivity index (χ3v) is 1.32. The van der Waals surface area contributed by atoms with Gasteiger partial charge in [0.25, 0.3) is 0 Å². The van der Waals surface area contributed by atoms with E-state index in [9.17, 15) is 13.2 Å². The predicted molar refractivity (Wildman–Crippen MR) is 47.8 cm³/mol. The van der Waals surface area contributed by atoms with Crippen LogP contribution in [0.25, 0.3) is 0 Å². The smallest absolute Gasteiger partial charge is 0.406 e. The number of nitrogens with zero attached hydrogens (tertiary/aromatic N) is 1. The van der Waals surface area contributed by atoms with E-state index >= 15 is 0 Å². The summed E-state index contributed by atoms with van der Waals surface area (Å²) in [4.78, 5) is 3.51. The van der Waals surface area contributed by atoms with Gasteiger partial charge in [-0.05, 0) is 24.4 Å². The van der Waals surface area contributed by atoms with Gasteiger partial charge in [0.1, 0.15) is 5.75 Å². The molecule has 0 amide bonds. The minimum absolute atomic E-state index is 0.266. The number of thiocarbonyl (C=S) groups is 1. The van der Waals surface area contributed by atoms with Crippen LogP contribution in [0.1, 0.15) is 0 Å². The highest BCUT2D eigenvalue weighted by Crippen LogP contribution is 2.25. The van der Waals surface area contributed by atoms with Gasteiger partial charge in [-0.3, -0.25) is 0 Å². The van der Waals surface area contributed by atoms with Crippen LogP contribution in [0.4, 0.5) is 18.9 Å². The number of halogens is 3. The lowest BCUT2D eigenvalue weighted by molar-refractivity contribution is -0.274. The molecule has 0 N–H and O–H groups in total. The molecule has 1 aromatic carbocycles. The van der Waals surface area contributed by atoms with E-state index in [1.54, 1.807) is 0 Å². The maximum atomic E-state index is 11.8. The summed E-state index contributed by atoms with van der Waals surface area (Å²) in [5.74, 6) is -0.330. The molecule has 6 heteroatoms. The van der Waals surface area contributed by atoms with Crippen LogP contribution in [0.15, 0.2) is 29.3 Å². The van der Waals surface area contributed by atoms with E-state index in [0.717, 1.165) is 6.07 Å². The Morgan fingerprint density at radius 1 is 1.36 bits per heavy atom. The summed E-state index contributed by atoms with van der Waals surface area (Å²) in [6.07, 6.45) is -4.69. The number of alkyl halides is 3. The molecule has 0 spiro atoms. The summed E-state index contributed by atoms with van der Waals surface area (Å²) in [6, 6.07) is 5.16. The van der Waals surface area contributed by atoms with Gasteiger partial charge < -0.3 is 4.74 Å². The van der Waals surface area contributed by atoms with Crippen molar-refractivity contribution in [1.29, 1.82) is 0 Å². The van der Waals surface area contributed by atoms with Gasteiger partial charge in [-0.15, -0.1) is 13.2 Å². The van der Waals surface area contributed by atoms with Gasteiger partial charge in [0, 0.05) is 6.07 Å². The van der Waals surface area contributed by atoms with Gasteiger partial charge in [0.2, 0.25) is 0 Å². The third kappa shape index (κ3) is 3.55. The molecule has 0 bridgehead atoms. The Kier molecular flexibility index (Phi) is 3.22. The first-order valence-electron chi connectivity index (χ1n) is 3.45. The topological polar surface area (TPSA) is 21.6 Å². The third-order valence-electron chi connectivity index (χ3n) is 1.23. The van der Waals surface area contributed by atoms with Crippen molar-refractivity contribution < 1.29 is 17.9 Å². The van der Waals surface area contributed by atoms with Gasteiger partial charge >= 0.3 is 6.36 Å². The van der Waals surface area contributed by atoms with Crippen molar-refractivity contribution in [1.82, 2.24) is 0 Å². The standard InChI is InChI=1S/C8H4F3NOS/c9-8(10,11)13-7-3-1-2-6(4-7)12-5-14/h1-4H. The lowest BCUT2D eigenvalue weighted by Crippen LogP contribution is -2.16. The molecule has 0 aromatic heterocycles. The molecule has 0 saturated carbocycles. The van der Waals surface area contributed by atoms with Crippen LogP contribution in [0, 0.1) is 0 Å². The quantitative estimate of drug-likeness (QED) is 0.562. The SMILES string of the molecule is FC(F)(F)Oc1cccc(N=C=S)c1. The van der Waals surface area contributed by atoms with E-state index in [-0.39, 0.29) is 11.4 Å². The van der Waals surface area contributed by atoms with E-state index in [2.05, 4.69) is 21.9 Å². The Morgan fingerprint density at radius 3 is 2.64 bits per heavy atom. The maximum Gasteiger partial charge on any atom is 0.573 e. The molecule has 0 heterocycles. The molecule has 0 aliphatic heterocycles. The number of rotatable bonds is 2. The van der Waals surface area contributed by atoms with E-state index in [1.165, 1.54) is 18.2 Å². The molecule has 0 unspecified atom stereocenters. The summed E-state index contributed by atoms with van der Waals surface area (Å²) < 4.78 is 39.0. The van der Waals surface area contributed by atoms with Crippen molar-refractivity contribution in [3.8, 4) is 5.75 Å². The molecule has 2 nitrogen and oxygen atoms in total. The number of ether oxygens (including phenoxy) is 1. The van der Waals surface area contributed by atoms with Crippen LogP contribution < -0.4 is 4.74 Å². The number of aliphatic imine (C=N–C) groups is 1. The molecule has 0 atom stereocenters. The van der Waals surface area contributed by atoms with Crippen LogP contribution in [0.5, 0.6) is 5.75 Å². The molecular formula is C8H4F3NOS. The first kappa shape index (κ1) is 10.7. The minimum Gasteiger partial charge on any atom is -0.406 e. The van der Waals surface area contributed by atoms with Gasteiger partial charge in [-0.2, -0.15) is 4.99 Å². The van der Waals surface area contributed by atoms with Crippen molar-refractivity contribution in [3.63, 3.8) is 0 Å². The molecule has 0 radical (unpaired) electrons. The van der Waals surface area contributed by atoms with E-state index in [4.69, 9.17) is 0 Å². The highest BCUT2D eigenvalue weighted by atomic mass is 32.1. The second-order valence-electron chi connectivity index (χ2n) is 2.25. The fourth-order valence-electron chi connectivity index (χ4n) is 0.803. The van der Waals surface area contributed by atoms with Crippen LogP contribution in [0.2, 0.25) is 0 Å². The zero-order valence-corrected chi connectivity index (χ0v) is 7.52. The molecule has 0 fully saturated rings. The monoisotopic (exact) mass is 219 g/mol. The molecule has 0 aliphatic rings. The Bertz CT molecular complexity index is 371. The van der Waals surface area contributed by atoms with Gasteiger partial charge in [0.05, 0.1) is 10.8 Å². The highest BCUT2D eigenvalue weighted by Gasteiger charge is 2.31. The first-order chi connectivity index (χ1) is 6.51. The van der Waals surface area contributed by atoms with Crippen LogP contribution in [-0.2, 0) is 0 Å². The van der Waals surface area contributed by atoms with E-state index < -0.39 is 6.36 Å². The van der Waals surface area contributed by atoms with Crippen molar-refractivity contribution in [2.75, 3.05) is 0 Å². The minimum atomic E-state index is -4.69. The summed E-state index contributed by atoms with van der Waals surface area (Å²) in [7, 11) is 0. The second-order valence-corrected chi connectivity index (χ2v) is 2.43. The second kappa shape index (κ2) is 4.21. The largest absolute Gasteiger partial charge is 0.573 e. The van der Waals surface area contributed by atoms with Crippen LogP contribution in [0.3, 0.4) is 0 Å². The summed E-state index contributed by atoms with van der Waals surface area (Å²) in [6.45, 7) is 0. The fourth-order valence-corrected chi connectivity index (χ4v) is 0.908. The van der Waals surface area contributed by atoms with E-state index in [0.29, 0.717) is 0 Å². The van der Waals surface area contributed by atoms with Crippen molar-refractivity contribution in [3.05, 3.63) is 24.3 Å². The fraction of sp³-hybridized carbons (Fsp3) is 0.125. The molecule has 0 aliphatic carbocycles. The van der Waals surface area contributed by atoms with Crippen LogP contribution in [-0.4, -0.2) is 11.5 Å². The first-order valence-corrected chi connectivity index (χ1v) is 3.86. The van der Waals surface area contributed by atoms with Crippen molar-refractivity contribution >= 4 is 23.1 Å². The lowest BCUT2D eigenvalue weighted by Gasteiger charge is -2.08. The zero-order valence-electron chi connectivity index (χ0n) is 6.71. The molecule has 0 saturated heterocycles. The molecule has 14 heavy (non-hydrogen) atoms. The Morgan fingerprint density at radius 2 is 2.07 bits per heavy atom. The van der Waals surface area contributed by atoms with Gasteiger partial charge in [-0.1, -0.05) is 6.07 Å². The lowest BCUT2D eigenvalue weighted by atomic mass is 10.3. The number of hydrogen-bond donors (Lipinski definition) is 0. The summed E-state index contributed by atoms with van der Waals surface area (Å²) in [5, 5.41) is 2.05. The average Bonchev–Trinajstić information content (AvgIpc) is 2.02. The Balaban J connectivity index is 2.89. The Labute approximate surface area is 83.0 Å². The summed E-state index contributed by atoms with van der Waals surface area (Å²) >= 11 is 4.31. The summed E-state index contributed by atoms with van der Waals surface area (Å²) in [5.41, 5.74) is 0.266. The normalized spacial score (nSPS) is 10.5. The van der Waals surface area contributed by atoms with Crippen LogP contribution >= 0.6 is 12.2 Å². The van der Waals surface area contributed by atoms with Crippen molar-refractivity contribution in [2.24, 2.45) is 4.99 Å². The molecule has 1 aromatic rings. The Hall–Kier alpha value is -1.39. The maximum absolute atomic E-state index is 11.8. The van der Waals surface area contributed by atoms with Crippen molar-refractivity contribution in [2.45, 2.75) is 6.36 Å². The molecule has 1 rings (SSSR count). The molecular weight excluding hydrogens is 215 g/mol. The number of isothiocyanates is 1. The van der Waals surface area contributed by atoms with E-state index in [1.807, 2.05) is 5.16 Å². The average molecular weight is 219 g/mol.